The normalized spacial score (nSPS) is 21.8. The first kappa shape index (κ1) is 13.5. The fraction of sp³-hybridized carbons (Fsp3) is 0.800. The van der Waals surface area contributed by atoms with Gasteiger partial charge in [0.15, 0.2) is 0 Å². The van der Waals surface area contributed by atoms with Gasteiger partial charge in [0.2, 0.25) is 11.8 Å². The molecule has 92 valence electrons. The van der Waals surface area contributed by atoms with Gasteiger partial charge in [0.1, 0.15) is 0 Å². The maximum atomic E-state index is 11.6. The first-order valence-corrected chi connectivity index (χ1v) is 6.87. The Hall–Kier alpha value is -0.590. The Labute approximate surface area is 99.9 Å². The summed E-state index contributed by atoms with van der Waals surface area (Å²) in [6.07, 6.45) is 4.32. The van der Waals surface area contributed by atoms with Crippen LogP contribution in [0.15, 0.2) is 0 Å². The highest BCUT2D eigenvalue weighted by Gasteiger charge is 2.25. The van der Waals surface area contributed by atoms with Crippen molar-refractivity contribution < 1.29 is 9.59 Å². The van der Waals surface area contributed by atoms with Crippen LogP contribution < -0.4 is 16.4 Å². The van der Waals surface area contributed by atoms with Crippen LogP contribution >= 0.6 is 11.8 Å². The van der Waals surface area contributed by atoms with Gasteiger partial charge in [0, 0.05) is 0 Å². The molecule has 0 aromatic rings. The summed E-state index contributed by atoms with van der Waals surface area (Å²) in [6.45, 7) is 0.838. The molecule has 2 atom stereocenters. The lowest BCUT2D eigenvalue weighted by molar-refractivity contribution is -0.132. The number of hydrogen-bond donors (Lipinski definition) is 3. The van der Waals surface area contributed by atoms with Crippen LogP contribution in [0.3, 0.4) is 0 Å². The lowest BCUT2D eigenvalue weighted by Crippen LogP contribution is -2.49. The first-order valence-electron chi connectivity index (χ1n) is 5.47. The molecule has 1 saturated heterocycles. The molecule has 0 spiro atoms. The third-order valence-electron chi connectivity index (χ3n) is 2.59. The number of thioether (sulfide) groups is 1. The van der Waals surface area contributed by atoms with Crippen molar-refractivity contribution in [3.8, 4) is 0 Å². The Morgan fingerprint density at radius 3 is 2.94 bits per heavy atom. The van der Waals surface area contributed by atoms with E-state index in [0.717, 1.165) is 25.1 Å². The van der Waals surface area contributed by atoms with Crippen LogP contribution in [0.5, 0.6) is 0 Å². The van der Waals surface area contributed by atoms with E-state index in [1.807, 2.05) is 6.26 Å². The summed E-state index contributed by atoms with van der Waals surface area (Å²) >= 11 is 1.63. The zero-order valence-electron chi connectivity index (χ0n) is 9.49. The van der Waals surface area contributed by atoms with Crippen molar-refractivity contribution in [2.75, 3.05) is 18.6 Å². The molecule has 4 N–H and O–H groups in total. The molecule has 1 aliphatic rings. The number of hydrogen-bond acceptors (Lipinski definition) is 5. The highest BCUT2D eigenvalue weighted by molar-refractivity contribution is 7.98. The molecule has 5 nitrogen and oxygen atoms in total. The zero-order chi connectivity index (χ0) is 12.0. The standard InChI is InChI=1S/C10H19N3O2S/c1-16-6-4-7(11)9(14)13-10(15)8-3-2-5-12-8/h7-8,12H,2-6,11H2,1H3,(H,13,14,15)/t7-,8-/m0/s1. The molecule has 1 fully saturated rings. The van der Waals surface area contributed by atoms with Crippen molar-refractivity contribution in [2.24, 2.45) is 5.73 Å². The minimum atomic E-state index is -0.585. The number of carbonyl (C=O) groups excluding carboxylic acids is 2. The van der Waals surface area contributed by atoms with E-state index in [9.17, 15) is 9.59 Å². The average Bonchev–Trinajstić information content (AvgIpc) is 2.79. The van der Waals surface area contributed by atoms with Crippen LogP contribution in [-0.4, -0.2) is 42.5 Å². The molecule has 0 aromatic carbocycles. The molecule has 1 heterocycles. The molecular weight excluding hydrogens is 226 g/mol. The summed E-state index contributed by atoms with van der Waals surface area (Å²) in [4.78, 5) is 23.1. The van der Waals surface area contributed by atoms with Crippen molar-refractivity contribution >= 4 is 23.6 Å². The van der Waals surface area contributed by atoms with E-state index < -0.39 is 6.04 Å². The van der Waals surface area contributed by atoms with Gasteiger partial charge in [-0.2, -0.15) is 11.8 Å². The molecule has 0 saturated carbocycles. The fourth-order valence-electron chi connectivity index (χ4n) is 1.59. The van der Waals surface area contributed by atoms with E-state index in [1.54, 1.807) is 11.8 Å². The van der Waals surface area contributed by atoms with E-state index >= 15 is 0 Å². The van der Waals surface area contributed by atoms with Crippen LogP contribution in [0.1, 0.15) is 19.3 Å². The van der Waals surface area contributed by atoms with Crippen molar-refractivity contribution in [1.29, 1.82) is 0 Å². The third kappa shape index (κ3) is 4.11. The molecule has 1 aliphatic heterocycles. The largest absolute Gasteiger partial charge is 0.320 e. The smallest absolute Gasteiger partial charge is 0.243 e. The molecule has 6 heteroatoms. The Kier molecular flexibility index (Phi) is 5.79. The molecule has 0 bridgehead atoms. The summed E-state index contributed by atoms with van der Waals surface area (Å²) in [6, 6.07) is -0.811. The number of nitrogens with two attached hydrogens (primary N) is 1. The van der Waals surface area contributed by atoms with Gasteiger partial charge < -0.3 is 11.1 Å². The summed E-state index contributed by atoms with van der Waals surface area (Å²) < 4.78 is 0. The van der Waals surface area contributed by atoms with Crippen LogP contribution in [-0.2, 0) is 9.59 Å². The zero-order valence-corrected chi connectivity index (χ0v) is 10.3. The molecular formula is C10H19N3O2S. The Bertz CT molecular complexity index is 254. The summed E-state index contributed by atoms with van der Waals surface area (Å²) in [5.74, 6) is 0.208. The van der Waals surface area contributed by atoms with Gasteiger partial charge in [-0.15, -0.1) is 0 Å². The lowest BCUT2D eigenvalue weighted by atomic mass is 10.2. The second-order valence-electron chi connectivity index (χ2n) is 3.89. The monoisotopic (exact) mass is 245 g/mol. The second kappa shape index (κ2) is 6.88. The molecule has 1 rings (SSSR count). The SMILES string of the molecule is CSCC[C@H](N)C(=O)NC(=O)[C@@H]1CCCN1. The van der Waals surface area contributed by atoms with Crippen molar-refractivity contribution in [1.82, 2.24) is 10.6 Å². The van der Waals surface area contributed by atoms with Gasteiger partial charge in [-0.1, -0.05) is 0 Å². The maximum absolute atomic E-state index is 11.6. The van der Waals surface area contributed by atoms with E-state index in [-0.39, 0.29) is 17.9 Å². The molecule has 2 amide bonds. The summed E-state index contributed by atoms with van der Waals surface area (Å²) in [5, 5.41) is 5.39. The summed E-state index contributed by atoms with van der Waals surface area (Å²) in [5.41, 5.74) is 5.65. The average molecular weight is 245 g/mol. The van der Waals surface area contributed by atoms with E-state index in [4.69, 9.17) is 5.73 Å². The van der Waals surface area contributed by atoms with E-state index in [0.29, 0.717) is 6.42 Å². The highest BCUT2D eigenvalue weighted by Crippen LogP contribution is 2.05. The number of amides is 2. The minimum absolute atomic E-state index is 0.225. The van der Waals surface area contributed by atoms with Crippen LogP contribution in [0.4, 0.5) is 0 Å². The second-order valence-corrected chi connectivity index (χ2v) is 4.88. The van der Waals surface area contributed by atoms with Gasteiger partial charge in [-0.3, -0.25) is 14.9 Å². The number of rotatable bonds is 5. The first-order chi connectivity index (χ1) is 7.65. The van der Waals surface area contributed by atoms with Crippen LogP contribution in [0.2, 0.25) is 0 Å². The Balaban J connectivity index is 2.29. The highest BCUT2D eigenvalue weighted by atomic mass is 32.2. The Morgan fingerprint density at radius 1 is 1.62 bits per heavy atom. The molecule has 0 unspecified atom stereocenters. The van der Waals surface area contributed by atoms with Crippen molar-refractivity contribution in [2.45, 2.75) is 31.3 Å². The van der Waals surface area contributed by atoms with Crippen LogP contribution in [0, 0.1) is 0 Å². The summed E-state index contributed by atoms with van der Waals surface area (Å²) in [7, 11) is 0. The quantitative estimate of drug-likeness (QED) is 0.606. The lowest BCUT2D eigenvalue weighted by Gasteiger charge is -2.13. The predicted octanol–water partition coefficient (Wildman–Crippen LogP) is -0.538. The molecule has 16 heavy (non-hydrogen) atoms. The minimum Gasteiger partial charge on any atom is -0.320 e. The Morgan fingerprint density at radius 2 is 2.38 bits per heavy atom. The maximum Gasteiger partial charge on any atom is 0.243 e. The van der Waals surface area contributed by atoms with Crippen molar-refractivity contribution in [3.05, 3.63) is 0 Å². The van der Waals surface area contributed by atoms with Gasteiger partial charge in [-0.25, -0.2) is 0 Å². The van der Waals surface area contributed by atoms with Gasteiger partial charge in [0.25, 0.3) is 0 Å². The van der Waals surface area contributed by atoms with Crippen molar-refractivity contribution in [3.63, 3.8) is 0 Å². The predicted molar refractivity (Wildman–Crippen MR) is 65.1 cm³/mol. The number of imide groups is 1. The van der Waals surface area contributed by atoms with Gasteiger partial charge >= 0.3 is 0 Å². The topological polar surface area (TPSA) is 84.2 Å². The van der Waals surface area contributed by atoms with Gasteiger partial charge in [0.05, 0.1) is 12.1 Å². The van der Waals surface area contributed by atoms with E-state index in [2.05, 4.69) is 10.6 Å². The molecule has 0 aliphatic carbocycles. The van der Waals surface area contributed by atoms with Crippen LogP contribution in [0.25, 0.3) is 0 Å². The molecule has 0 radical (unpaired) electrons. The molecule has 0 aromatic heterocycles. The van der Waals surface area contributed by atoms with Gasteiger partial charge in [-0.05, 0) is 37.8 Å². The number of carbonyl (C=O) groups is 2. The van der Waals surface area contributed by atoms with E-state index in [1.165, 1.54) is 0 Å². The number of nitrogens with one attached hydrogen (secondary N) is 2. The fourth-order valence-corrected chi connectivity index (χ4v) is 2.08. The third-order valence-corrected chi connectivity index (χ3v) is 3.24.